The van der Waals surface area contributed by atoms with E-state index in [-0.39, 0.29) is 28.1 Å². The van der Waals surface area contributed by atoms with E-state index in [0.717, 1.165) is 12.8 Å². The third-order valence-corrected chi connectivity index (χ3v) is 5.49. The van der Waals surface area contributed by atoms with E-state index in [1.165, 1.54) is 23.5 Å². The lowest BCUT2D eigenvalue weighted by Gasteiger charge is -2.18. The van der Waals surface area contributed by atoms with E-state index >= 15 is 0 Å². The predicted octanol–water partition coefficient (Wildman–Crippen LogP) is 2.37. The number of hydrogen-bond acceptors (Lipinski definition) is 3. The Labute approximate surface area is 124 Å². The highest BCUT2D eigenvalue weighted by Crippen LogP contribution is 2.33. The van der Waals surface area contributed by atoms with Gasteiger partial charge in [-0.05, 0) is 31.5 Å². The molecule has 1 aliphatic carbocycles. The van der Waals surface area contributed by atoms with E-state index in [1.807, 2.05) is 6.92 Å². The molecule has 1 aliphatic rings. The third kappa shape index (κ3) is 3.14. The number of nitrogens with one attached hydrogen (secondary N) is 1. The second-order valence-electron chi connectivity index (χ2n) is 4.91. The lowest BCUT2D eigenvalue weighted by Crippen LogP contribution is -2.30. The van der Waals surface area contributed by atoms with Crippen LogP contribution in [0.3, 0.4) is 0 Å². The summed E-state index contributed by atoms with van der Waals surface area (Å²) in [5.74, 6) is -0.720. The van der Waals surface area contributed by atoms with Crippen molar-refractivity contribution in [3.8, 4) is 0 Å². The van der Waals surface area contributed by atoms with Crippen LogP contribution in [0.25, 0.3) is 0 Å². The minimum Gasteiger partial charge on any atom is -0.313 e. The highest BCUT2D eigenvalue weighted by Gasteiger charge is 2.36. The second-order valence-corrected chi connectivity index (χ2v) is 7.31. The van der Waals surface area contributed by atoms with Gasteiger partial charge in [0.15, 0.2) is 0 Å². The molecule has 0 spiro atoms. The minimum absolute atomic E-state index is 0.0180. The summed E-state index contributed by atoms with van der Waals surface area (Å²) in [6, 6.07) is 2.62. The molecule has 0 bridgehead atoms. The van der Waals surface area contributed by atoms with Crippen LogP contribution in [0.1, 0.15) is 25.3 Å². The average molecular weight is 321 g/mol. The van der Waals surface area contributed by atoms with Crippen molar-refractivity contribution in [2.24, 2.45) is 0 Å². The summed E-state index contributed by atoms with van der Waals surface area (Å²) in [5, 5.41) is 3.19. The van der Waals surface area contributed by atoms with Gasteiger partial charge in [-0.3, -0.25) is 0 Å². The fraction of sp³-hybridized carbons (Fsp3) is 0.538. The zero-order valence-electron chi connectivity index (χ0n) is 11.5. The van der Waals surface area contributed by atoms with Gasteiger partial charge in [0.25, 0.3) is 0 Å². The standard InChI is InChI=1S/C13H18ClFN2O2S/c1-3-16-8-9-6-10(14)7-12(13(9)15)20(18,19)17(2)11-4-5-11/h6-7,11,16H,3-5,8H2,1-2H3. The third-order valence-electron chi connectivity index (χ3n) is 3.36. The number of sulfonamides is 1. The summed E-state index contributed by atoms with van der Waals surface area (Å²) in [6.45, 7) is 2.80. The van der Waals surface area contributed by atoms with Gasteiger partial charge in [0.2, 0.25) is 10.0 Å². The van der Waals surface area contributed by atoms with E-state index in [4.69, 9.17) is 11.6 Å². The van der Waals surface area contributed by atoms with Crippen molar-refractivity contribution in [1.82, 2.24) is 9.62 Å². The molecule has 112 valence electrons. The fourth-order valence-electron chi connectivity index (χ4n) is 1.98. The molecule has 1 aromatic rings. The summed E-state index contributed by atoms with van der Waals surface area (Å²) < 4.78 is 40.5. The molecule has 7 heteroatoms. The van der Waals surface area contributed by atoms with Crippen molar-refractivity contribution in [2.45, 2.75) is 37.2 Å². The predicted molar refractivity (Wildman–Crippen MR) is 76.8 cm³/mol. The Morgan fingerprint density at radius 2 is 2.10 bits per heavy atom. The molecule has 2 rings (SSSR count). The van der Waals surface area contributed by atoms with Crippen molar-refractivity contribution < 1.29 is 12.8 Å². The molecule has 0 aromatic heterocycles. The van der Waals surface area contributed by atoms with E-state index in [9.17, 15) is 12.8 Å². The lowest BCUT2D eigenvalue weighted by molar-refractivity contribution is 0.456. The van der Waals surface area contributed by atoms with Crippen LogP contribution in [0.5, 0.6) is 0 Å². The average Bonchev–Trinajstić information content (AvgIpc) is 3.22. The molecule has 1 N–H and O–H groups in total. The molecule has 0 radical (unpaired) electrons. The molecule has 1 aromatic carbocycles. The Balaban J connectivity index is 2.42. The smallest absolute Gasteiger partial charge is 0.246 e. The molecule has 1 fully saturated rings. The summed E-state index contributed by atoms with van der Waals surface area (Å²) in [4.78, 5) is -0.340. The summed E-state index contributed by atoms with van der Waals surface area (Å²) in [6.07, 6.45) is 1.64. The summed E-state index contributed by atoms with van der Waals surface area (Å²) >= 11 is 5.93. The van der Waals surface area contributed by atoms with Crippen LogP contribution in [0.15, 0.2) is 17.0 Å². The van der Waals surface area contributed by atoms with Crippen molar-refractivity contribution in [3.05, 3.63) is 28.5 Å². The Hall–Kier alpha value is -0.690. The zero-order valence-corrected chi connectivity index (χ0v) is 13.1. The maximum absolute atomic E-state index is 14.4. The molecule has 0 unspecified atom stereocenters. The number of hydrogen-bond donors (Lipinski definition) is 1. The van der Waals surface area contributed by atoms with Gasteiger partial charge in [0.05, 0.1) is 0 Å². The first-order valence-corrected chi connectivity index (χ1v) is 8.36. The number of rotatable bonds is 6. The Morgan fingerprint density at radius 1 is 1.45 bits per heavy atom. The Bertz CT molecular complexity index is 603. The van der Waals surface area contributed by atoms with Crippen LogP contribution in [0, 0.1) is 5.82 Å². The highest BCUT2D eigenvalue weighted by molar-refractivity contribution is 7.89. The molecule has 20 heavy (non-hydrogen) atoms. The monoisotopic (exact) mass is 320 g/mol. The maximum atomic E-state index is 14.4. The van der Waals surface area contributed by atoms with Crippen LogP contribution in [0.4, 0.5) is 4.39 Å². The van der Waals surface area contributed by atoms with Crippen LogP contribution in [-0.4, -0.2) is 32.4 Å². The van der Waals surface area contributed by atoms with E-state index in [1.54, 1.807) is 0 Å². The van der Waals surface area contributed by atoms with Gasteiger partial charge in [0.1, 0.15) is 10.7 Å². The van der Waals surface area contributed by atoms with Crippen LogP contribution >= 0.6 is 11.6 Å². The first kappa shape index (κ1) is 15.7. The largest absolute Gasteiger partial charge is 0.313 e. The van der Waals surface area contributed by atoms with Gasteiger partial charge in [-0.25, -0.2) is 12.8 Å². The van der Waals surface area contributed by atoms with Gasteiger partial charge in [-0.1, -0.05) is 18.5 Å². The molecule has 4 nitrogen and oxygen atoms in total. The molecule has 0 heterocycles. The van der Waals surface area contributed by atoms with Gasteiger partial charge < -0.3 is 5.32 Å². The van der Waals surface area contributed by atoms with Crippen LogP contribution < -0.4 is 5.32 Å². The number of halogens is 2. The maximum Gasteiger partial charge on any atom is 0.246 e. The molecular formula is C13H18ClFN2O2S. The van der Waals surface area contributed by atoms with Crippen LogP contribution in [-0.2, 0) is 16.6 Å². The topological polar surface area (TPSA) is 49.4 Å². The SMILES string of the molecule is CCNCc1cc(Cl)cc(S(=O)(=O)N(C)C2CC2)c1F. The van der Waals surface area contributed by atoms with Gasteiger partial charge in [-0.15, -0.1) is 0 Å². The van der Waals surface area contributed by atoms with Crippen molar-refractivity contribution >= 4 is 21.6 Å². The zero-order chi connectivity index (χ0) is 14.9. The second kappa shape index (κ2) is 5.97. The number of nitrogens with zero attached hydrogens (tertiary/aromatic N) is 1. The normalized spacial score (nSPS) is 15.8. The van der Waals surface area contributed by atoms with Crippen LogP contribution in [0.2, 0.25) is 5.02 Å². The Kier molecular flexibility index (Phi) is 4.69. The van der Waals surface area contributed by atoms with Crippen molar-refractivity contribution in [3.63, 3.8) is 0 Å². The Morgan fingerprint density at radius 3 is 2.65 bits per heavy atom. The molecule has 0 amide bonds. The van der Waals surface area contributed by atoms with E-state index in [2.05, 4.69) is 5.32 Å². The van der Waals surface area contributed by atoms with Crippen molar-refractivity contribution in [2.75, 3.05) is 13.6 Å². The lowest BCUT2D eigenvalue weighted by atomic mass is 10.2. The number of benzene rings is 1. The van der Waals surface area contributed by atoms with Gasteiger partial charge >= 0.3 is 0 Å². The van der Waals surface area contributed by atoms with Crippen molar-refractivity contribution in [1.29, 1.82) is 0 Å². The molecular weight excluding hydrogens is 303 g/mol. The van der Waals surface area contributed by atoms with E-state index in [0.29, 0.717) is 6.54 Å². The minimum atomic E-state index is -3.83. The quantitative estimate of drug-likeness (QED) is 0.875. The van der Waals surface area contributed by atoms with E-state index < -0.39 is 15.8 Å². The first-order valence-electron chi connectivity index (χ1n) is 6.54. The van der Waals surface area contributed by atoms with Gasteiger partial charge in [-0.2, -0.15) is 4.31 Å². The first-order chi connectivity index (χ1) is 9.37. The molecule has 0 saturated heterocycles. The molecule has 0 aliphatic heterocycles. The highest BCUT2D eigenvalue weighted by atomic mass is 35.5. The fourth-order valence-corrected chi connectivity index (χ4v) is 3.84. The summed E-state index contributed by atoms with van der Waals surface area (Å²) in [7, 11) is -2.35. The van der Waals surface area contributed by atoms with Gasteiger partial charge in [0, 0.05) is 30.2 Å². The molecule has 1 saturated carbocycles. The summed E-state index contributed by atoms with van der Waals surface area (Å²) in [5.41, 5.74) is 0.266. The molecule has 0 atom stereocenters.